The Balaban J connectivity index is 2.46. The van der Waals surface area contributed by atoms with Crippen molar-refractivity contribution in [3.8, 4) is 11.3 Å². The van der Waals surface area contributed by atoms with Gasteiger partial charge in [-0.15, -0.1) is 0 Å². The number of hydrogen-bond donors (Lipinski definition) is 0. The Morgan fingerprint density at radius 1 is 1.31 bits per heavy atom. The highest BCUT2D eigenvalue weighted by Crippen LogP contribution is 2.16. The summed E-state index contributed by atoms with van der Waals surface area (Å²) >= 11 is 0. The van der Waals surface area contributed by atoms with Gasteiger partial charge in [-0.2, -0.15) is 15.0 Å². The lowest BCUT2D eigenvalue weighted by molar-refractivity contribution is 0.655. The molecule has 0 N–H and O–H groups in total. The topological polar surface area (TPSA) is 30.7 Å². The zero-order valence-corrected chi connectivity index (χ0v) is 7.73. The van der Waals surface area contributed by atoms with Gasteiger partial charge in [0.25, 0.3) is 0 Å². The van der Waals surface area contributed by atoms with Crippen molar-refractivity contribution < 1.29 is 0 Å². The van der Waals surface area contributed by atoms with Gasteiger partial charge >= 0.3 is 0 Å². The molecule has 3 heteroatoms. The average molecular weight is 173 g/mol. The van der Waals surface area contributed by atoms with Gasteiger partial charge in [0, 0.05) is 12.6 Å². The molecule has 2 rings (SSSR count). The summed E-state index contributed by atoms with van der Waals surface area (Å²) in [5.74, 6) is 0. The Morgan fingerprint density at radius 3 is 2.77 bits per heavy atom. The van der Waals surface area contributed by atoms with Crippen LogP contribution >= 0.6 is 0 Å². The highest BCUT2D eigenvalue weighted by Gasteiger charge is 2.00. The van der Waals surface area contributed by atoms with Crippen LogP contribution in [0.2, 0.25) is 0 Å². The molecule has 0 aliphatic heterocycles. The SMILES string of the molecule is Cc1cccc(-c2cnn(C)n2)c1. The fourth-order valence-corrected chi connectivity index (χ4v) is 1.28. The molecule has 0 aliphatic rings. The maximum Gasteiger partial charge on any atom is 0.113 e. The molecule has 0 bridgehead atoms. The Hall–Kier alpha value is -1.64. The van der Waals surface area contributed by atoms with Crippen molar-refractivity contribution in [3.63, 3.8) is 0 Å². The zero-order chi connectivity index (χ0) is 9.26. The van der Waals surface area contributed by atoms with Crippen LogP contribution in [0.5, 0.6) is 0 Å². The number of nitrogens with zero attached hydrogens (tertiary/aromatic N) is 3. The molecule has 0 fully saturated rings. The van der Waals surface area contributed by atoms with Gasteiger partial charge in [0.2, 0.25) is 0 Å². The van der Waals surface area contributed by atoms with E-state index in [-0.39, 0.29) is 0 Å². The van der Waals surface area contributed by atoms with E-state index in [1.165, 1.54) is 5.56 Å². The highest BCUT2D eigenvalue weighted by molar-refractivity contribution is 5.58. The maximum atomic E-state index is 4.23. The molecule has 1 aromatic carbocycles. The lowest BCUT2D eigenvalue weighted by Gasteiger charge is -1.96. The van der Waals surface area contributed by atoms with E-state index >= 15 is 0 Å². The van der Waals surface area contributed by atoms with Crippen LogP contribution < -0.4 is 0 Å². The van der Waals surface area contributed by atoms with Gasteiger partial charge in [-0.1, -0.05) is 23.8 Å². The van der Waals surface area contributed by atoms with E-state index in [9.17, 15) is 0 Å². The minimum Gasteiger partial charge on any atom is -0.187 e. The summed E-state index contributed by atoms with van der Waals surface area (Å²) in [5, 5.41) is 8.26. The van der Waals surface area contributed by atoms with E-state index < -0.39 is 0 Å². The van der Waals surface area contributed by atoms with Crippen LogP contribution in [-0.2, 0) is 7.05 Å². The number of benzene rings is 1. The van der Waals surface area contributed by atoms with Crippen LogP contribution in [0.3, 0.4) is 0 Å². The Bertz CT molecular complexity index is 418. The summed E-state index contributed by atoms with van der Waals surface area (Å²) in [6.07, 6.45) is 1.77. The monoisotopic (exact) mass is 173 g/mol. The van der Waals surface area contributed by atoms with Crippen LogP contribution in [0.1, 0.15) is 5.56 Å². The molecule has 0 amide bonds. The van der Waals surface area contributed by atoms with Gasteiger partial charge in [0.15, 0.2) is 0 Å². The second kappa shape index (κ2) is 3.01. The molecule has 0 aliphatic carbocycles. The van der Waals surface area contributed by atoms with Gasteiger partial charge in [0.05, 0.1) is 6.20 Å². The van der Waals surface area contributed by atoms with Crippen molar-refractivity contribution in [2.75, 3.05) is 0 Å². The largest absolute Gasteiger partial charge is 0.187 e. The summed E-state index contributed by atoms with van der Waals surface area (Å²) in [4.78, 5) is 1.57. The van der Waals surface area contributed by atoms with E-state index in [4.69, 9.17) is 0 Å². The van der Waals surface area contributed by atoms with Gasteiger partial charge in [-0.25, -0.2) is 0 Å². The van der Waals surface area contributed by atoms with Crippen molar-refractivity contribution in [3.05, 3.63) is 36.0 Å². The van der Waals surface area contributed by atoms with Crippen molar-refractivity contribution in [1.82, 2.24) is 15.0 Å². The van der Waals surface area contributed by atoms with Crippen molar-refractivity contribution in [2.24, 2.45) is 7.05 Å². The smallest absolute Gasteiger partial charge is 0.113 e. The molecule has 0 radical (unpaired) electrons. The molecule has 1 aromatic heterocycles. The molecule has 0 atom stereocenters. The minimum absolute atomic E-state index is 0.922. The fraction of sp³-hybridized carbons (Fsp3) is 0.200. The standard InChI is InChI=1S/C10H11N3/c1-8-4-3-5-9(6-8)10-7-11-13(2)12-10/h3-7H,1-2H3. The molecule has 1 heterocycles. The quantitative estimate of drug-likeness (QED) is 0.658. The van der Waals surface area contributed by atoms with Crippen molar-refractivity contribution >= 4 is 0 Å². The lowest BCUT2D eigenvalue weighted by Crippen LogP contribution is -1.91. The highest BCUT2D eigenvalue weighted by atomic mass is 15.4. The minimum atomic E-state index is 0.922. The van der Waals surface area contributed by atoms with E-state index in [0.717, 1.165) is 11.3 Å². The number of rotatable bonds is 1. The predicted octanol–water partition coefficient (Wildman–Crippen LogP) is 1.79. The number of aromatic nitrogens is 3. The summed E-state index contributed by atoms with van der Waals surface area (Å²) in [7, 11) is 1.82. The zero-order valence-electron chi connectivity index (χ0n) is 7.73. The fourth-order valence-electron chi connectivity index (χ4n) is 1.28. The number of aryl methyl sites for hydroxylation is 2. The Kier molecular flexibility index (Phi) is 1.85. The van der Waals surface area contributed by atoms with Gasteiger partial charge < -0.3 is 0 Å². The Labute approximate surface area is 77.0 Å². The average Bonchev–Trinajstić information content (AvgIpc) is 2.52. The lowest BCUT2D eigenvalue weighted by atomic mass is 10.1. The molecule has 66 valence electrons. The summed E-state index contributed by atoms with van der Waals surface area (Å²) in [6, 6.07) is 8.24. The first-order valence-corrected chi connectivity index (χ1v) is 4.19. The van der Waals surface area contributed by atoms with Crippen LogP contribution in [0.15, 0.2) is 30.5 Å². The maximum absolute atomic E-state index is 4.23. The summed E-state index contributed by atoms with van der Waals surface area (Å²) in [5.41, 5.74) is 3.28. The van der Waals surface area contributed by atoms with Gasteiger partial charge in [-0.05, 0) is 13.0 Å². The van der Waals surface area contributed by atoms with E-state index in [2.05, 4.69) is 29.3 Å². The summed E-state index contributed by atoms with van der Waals surface area (Å²) < 4.78 is 0. The van der Waals surface area contributed by atoms with E-state index in [1.807, 2.05) is 19.2 Å². The van der Waals surface area contributed by atoms with Crippen molar-refractivity contribution in [1.29, 1.82) is 0 Å². The van der Waals surface area contributed by atoms with E-state index in [1.54, 1.807) is 11.0 Å². The summed E-state index contributed by atoms with van der Waals surface area (Å²) in [6.45, 7) is 2.07. The van der Waals surface area contributed by atoms with Crippen LogP contribution in [0, 0.1) is 6.92 Å². The van der Waals surface area contributed by atoms with Crippen LogP contribution in [0.25, 0.3) is 11.3 Å². The molecule has 0 saturated heterocycles. The van der Waals surface area contributed by atoms with Gasteiger partial charge in [0.1, 0.15) is 5.69 Å². The van der Waals surface area contributed by atoms with Crippen LogP contribution in [0.4, 0.5) is 0 Å². The molecule has 0 unspecified atom stereocenters. The molecule has 0 spiro atoms. The number of hydrogen-bond acceptors (Lipinski definition) is 2. The second-order valence-corrected chi connectivity index (χ2v) is 3.09. The normalized spacial score (nSPS) is 10.3. The van der Waals surface area contributed by atoms with Crippen LogP contribution in [-0.4, -0.2) is 15.0 Å². The first-order chi connectivity index (χ1) is 6.25. The van der Waals surface area contributed by atoms with E-state index in [0.29, 0.717) is 0 Å². The predicted molar refractivity (Wildman–Crippen MR) is 51.2 cm³/mol. The third kappa shape index (κ3) is 1.59. The third-order valence-electron chi connectivity index (χ3n) is 1.91. The third-order valence-corrected chi connectivity index (χ3v) is 1.91. The van der Waals surface area contributed by atoms with Crippen molar-refractivity contribution in [2.45, 2.75) is 6.92 Å². The molecular weight excluding hydrogens is 162 g/mol. The first-order valence-electron chi connectivity index (χ1n) is 4.19. The molecular formula is C10H11N3. The second-order valence-electron chi connectivity index (χ2n) is 3.09. The molecule has 3 nitrogen and oxygen atoms in total. The first kappa shape index (κ1) is 7.98. The molecule has 2 aromatic rings. The Morgan fingerprint density at radius 2 is 2.15 bits per heavy atom. The molecule has 0 saturated carbocycles. The molecule has 13 heavy (non-hydrogen) atoms. The van der Waals surface area contributed by atoms with Gasteiger partial charge in [-0.3, -0.25) is 0 Å².